The van der Waals surface area contributed by atoms with E-state index in [4.69, 9.17) is 14.2 Å². The second-order valence-corrected chi connectivity index (χ2v) is 22.0. The fraction of sp³-hybridized carbons (Fsp3) is 0.519. The first kappa shape index (κ1) is 51.2. The van der Waals surface area contributed by atoms with Gasteiger partial charge in [0, 0.05) is 56.4 Å². The molecule has 70 heavy (non-hydrogen) atoms. The topological polar surface area (TPSA) is 143 Å². The summed E-state index contributed by atoms with van der Waals surface area (Å²) in [5, 5.41) is 16.3. The number of amides is 3. The van der Waals surface area contributed by atoms with Crippen LogP contribution >= 0.6 is 11.3 Å². The molecule has 0 unspecified atom stereocenters. The van der Waals surface area contributed by atoms with Gasteiger partial charge in [0.2, 0.25) is 17.7 Å². The standard InChI is InChI=1S/C54H66F3N5O7S/c1-31-18-41-40-11-9-8-10-35(40)20-42(41)48(62(31)29-54(6,7)57)47-43(55)22-39(23-44(47)56)69-17-16-67-26-36-19-37(36)27-68-28-46(64)60-50(53(3,4)5)52(66)61-25-38(63)21-45(61)51(65)58-24-33-12-14-34(15-13-33)49-32(2)59-30-70-49/h8-15,22-23,30-31,36-38,45,48,50,63H,16-21,24-29H2,1-7H3,(H,58,65)(H,60,64)/t31-,36-,37+,38-,45+,48+,50-/m1/s1. The summed E-state index contributed by atoms with van der Waals surface area (Å²) in [6.07, 6.45) is 1.25. The molecule has 1 aromatic heterocycles. The quantitative estimate of drug-likeness (QED) is 0.0794. The number of aliphatic hydroxyl groups is 1. The number of ether oxygens (including phenoxy) is 3. The molecule has 2 aliphatic heterocycles. The van der Waals surface area contributed by atoms with Gasteiger partial charge in [-0.2, -0.15) is 0 Å². The van der Waals surface area contributed by atoms with Crippen LogP contribution in [0.1, 0.15) is 94.8 Å². The highest BCUT2D eigenvalue weighted by Crippen LogP contribution is 2.50. The zero-order valence-electron chi connectivity index (χ0n) is 41.2. The number of hydrogen-bond acceptors (Lipinski definition) is 10. The summed E-state index contributed by atoms with van der Waals surface area (Å²) < 4.78 is 64.8. The zero-order valence-corrected chi connectivity index (χ0v) is 42.0. The van der Waals surface area contributed by atoms with Gasteiger partial charge in [-0.05, 0) is 97.6 Å². The number of hydrogen-bond donors (Lipinski definition) is 3. The molecule has 1 saturated carbocycles. The Kier molecular flexibility index (Phi) is 15.6. The van der Waals surface area contributed by atoms with Gasteiger partial charge in [-0.25, -0.2) is 18.2 Å². The van der Waals surface area contributed by atoms with Crippen molar-refractivity contribution >= 4 is 34.6 Å². The van der Waals surface area contributed by atoms with Crippen molar-refractivity contribution in [1.29, 1.82) is 0 Å². The molecule has 4 aliphatic rings. The monoisotopic (exact) mass is 985 g/mol. The van der Waals surface area contributed by atoms with Gasteiger partial charge in [0.1, 0.15) is 48.4 Å². The van der Waals surface area contributed by atoms with Gasteiger partial charge in [0.15, 0.2) is 0 Å². The average Bonchev–Trinajstić information content (AvgIpc) is 3.52. The number of benzene rings is 3. The van der Waals surface area contributed by atoms with Crippen LogP contribution in [0, 0.1) is 35.8 Å². The van der Waals surface area contributed by atoms with E-state index in [0.29, 0.717) is 26.1 Å². The van der Waals surface area contributed by atoms with E-state index in [1.165, 1.54) is 30.9 Å². The zero-order chi connectivity index (χ0) is 50.1. The number of likely N-dealkylation sites (tertiary alicyclic amines) is 1. The number of aryl methyl sites for hydroxylation is 1. The summed E-state index contributed by atoms with van der Waals surface area (Å²) in [5.74, 6) is -2.39. The number of aromatic nitrogens is 1. The molecule has 3 N–H and O–H groups in total. The molecule has 376 valence electrons. The third kappa shape index (κ3) is 12.0. The smallest absolute Gasteiger partial charge is 0.246 e. The van der Waals surface area contributed by atoms with E-state index in [1.807, 2.05) is 88.0 Å². The first-order valence-electron chi connectivity index (χ1n) is 24.3. The van der Waals surface area contributed by atoms with Crippen molar-refractivity contribution in [2.24, 2.45) is 17.3 Å². The Hall–Kier alpha value is -5.13. The first-order chi connectivity index (χ1) is 33.3. The molecule has 8 rings (SSSR count). The molecule has 1 saturated heterocycles. The van der Waals surface area contributed by atoms with Crippen LogP contribution < -0.4 is 15.4 Å². The predicted octanol–water partition coefficient (Wildman–Crippen LogP) is 8.15. The van der Waals surface area contributed by atoms with Crippen LogP contribution in [0.5, 0.6) is 5.75 Å². The molecule has 3 aromatic carbocycles. The van der Waals surface area contributed by atoms with Crippen LogP contribution in [-0.4, -0.2) is 114 Å². The van der Waals surface area contributed by atoms with Gasteiger partial charge in [-0.1, -0.05) is 69.3 Å². The van der Waals surface area contributed by atoms with E-state index in [2.05, 4.69) is 15.6 Å². The highest BCUT2D eigenvalue weighted by molar-refractivity contribution is 7.13. The molecule has 0 bridgehead atoms. The molecule has 2 fully saturated rings. The minimum atomic E-state index is -1.58. The van der Waals surface area contributed by atoms with Crippen molar-refractivity contribution in [3.63, 3.8) is 0 Å². The molecule has 3 heterocycles. The summed E-state index contributed by atoms with van der Waals surface area (Å²) in [6.45, 7) is 13.4. The van der Waals surface area contributed by atoms with E-state index >= 15 is 13.2 Å². The number of carbonyl (C=O) groups is 3. The van der Waals surface area contributed by atoms with Crippen molar-refractivity contribution in [3.05, 3.63) is 111 Å². The predicted molar refractivity (Wildman–Crippen MR) is 263 cm³/mol. The molecular weight excluding hydrogens is 920 g/mol. The number of carbonyl (C=O) groups excluding carboxylic acids is 3. The van der Waals surface area contributed by atoms with Crippen LogP contribution in [-0.2, 0) is 36.8 Å². The first-order valence-corrected chi connectivity index (χ1v) is 25.2. The lowest BCUT2D eigenvalue weighted by Crippen LogP contribution is -2.58. The normalized spacial score (nSPS) is 22.7. The number of rotatable bonds is 19. The Morgan fingerprint density at radius 1 is 0.957 bits per heavy atom. The maximum Gasteiger partial charge on any atom is 0.246 e. The second kappa shape index (κ2) is 21.3. The van der Waals surface area contributed by atoms with Gasteiger partial charge < -0.3 is 34.9 Å². The van der Waals surface area contributed by atoms with E-state index in [1.54, 1.807) is 16.8 Å². The Morgan fingerprint density at radius 3 is 2.33 bits per heavy atom. The van der Waals surface area contributed by atoms with Crippen LogP contribution in [0.2, 0.25) is 0 Å². The molecule has 3 amide bonds. The minimum absolute atomic E-state index is 0.0213. The number of β-amino-alcohol motifs (C(OH)–C–C–N with tert-alkyl or cyclic N) is 1. The Morgan fingerprint density at radius 2 is 1.66 bits per heavy atom. The number of fused-ring (bicyclic) bond motifs is 2. The lowest BCUT2D eigenvalue weighted by atomic mass is 9.84. The maximum atomic E-state index is 16.1. The van der Waals surface area contributed by atoms with Gasteiger partial charge in [-0.15, -0.1) is 11.3 Å². The third-order valence-electron chi connectivity index (χ3n) is 13.9. The SMILES string of the molecule is Cc1ncsc1-c1ccc(CNC(=O)[C@@H]2C[C@@H](O)CN2C(=O)[C@@H](NC(=O)COC[C@@H]2C[C@@H]2COCCOc2cc(F)c([C@@H]3C4=C(C[C@@H](C)N3CC(C)(C)F)c3ccccc3C4)c(F)c2)C(C)(C)C)cc1. The largest absolute Gasteiger partial charge is 0.491 e. The van der Waals surface area contributed by atoms with Gasteiger partial charge >= 0.3 is 0 Å². The second-order valence-electron chi connectivity index (χ2n) is 21.1. The molecule has 7 atom stereocenters. The molecule has 2 aliphatic carbocycles. The van der Waals surface area contributed by atoms with Crippen molar-refractivity contribution < 1.29 is 46.9 Å². The maximum absolute atomic E-state index is 16.1. The van der Waals surface area contributed by atoms with E-state index in [9.17, 15) is 19.5 Å². The molecule has 12 nitrogen and oxygen atoms in total. The van der Waals surface area contributed by atoms with E-state index < -0.39 is 58.8 Å². The molecule has 16 heteroatoms. The van der Waals surface area contributed by atoms with Crippen molar-refractivity contribution in [2.45, 2.75) is 117 Å². The fourth-order valence-corrected chi connectivity index (χ4v) is 11.0. The van der Waals surface area contributed by atoms with Gasteiger partial charge in [0.05, 0.1) is 41.4 Å². The van der Waals surface area contributed by atoms with Crippen molar-refractivity contribution in [3.8, 4) is 16.2 Å². The van der Waals surface area contributed by atoms with Gasteiger partial charge in [-0.3, -0.25) is 19.3 Å². The Balaban J connectivity index is 0.766. The highest BCUT2D eigenvalue weighted by Gasteiger charge is 2.46. The molecule has 4 aromatic rings. The molecular formula is C54H66F3N5O7S. The number of alkyl halides is 1. The summed E-state index contributed by atoms with van der Waals surface area (Å²) in [4.78, 5) is 49.3. The van der Waals surface area contributed by atoms with Crippen LogP contribution in [0.4, 0.5) is 13.2 Å². The van der Waals surface area contributed by atoms with Crippen LogP contribution in [0.3, 0.4) is 0 Å². The summed E-state index contributed by atoms with van der Waals surface area (Å²) in [5.41, 5.74) is 6.48. The summed E-state index contributed by atoms with van der Waals surface area (Å²) in [7, 11) is 0. The van der Waals surface area contributed by atoms with E-state index in [-0.39, 0.29) is 81.0 Å². The Labute approximate surface area is 413 Å². The highest BCUT2D eigenvalue weighted by atomic mass is 32.1. The molecule has 0 radical (unpaired) electrons. The summed E-state index contributed by atoms with van der Waals surface area (Å²) >= 11 is 1.56. The van der Waals surface area contributed by atoms with Crippen molar-refractivity contribution in [1.82, 2.24) is 25.4 Å². The lowest BCUT2D eigenvalue weighted by molar-refractivity contribution is -0.144. The van der Waals surface area contributed by atoms with Gasteiger partial charge in [0.25, 0.3) is 0 Å². The number of halogens is 3. The number of aliphatic hydroxyl groups excluding tert-OH is 1. The Bertz CT molecular complexity index is 2550. The van der Waals surface area contributed by atoms with Crippen LogP contribution in [0.25, 0.3) is 16.0 Å². The van der Waals surface area contributed by atoms with Crippen LogP contribution in [0.15, 0.2) is 71.7 Å². The average molecular weight is 986 g/mol. The number of nitrogens with zero attached hydrogens (tertiary/aromatic N) is 3. The van der Waals surface area contributed by atoms with Crippen molar-refractivity contribution in [2.75, 3.05) is 46.1 Å². The number of nitrogens with one attached hydrogen (secondary N) is 2. The third-order valence-corrected chi connectivity index (χ3v) is 14.9. The summed E-state index contributed by atoms with van der Waals surface area (Å²) in [6, 6.07) is 15.5. The fourth-order valence-electron chi connectivity index (χ4n) is 10.2. The minimum Gasteiger partial charge on any atom is -0.491 e. The number of thiazole rings is 1. The lowest BCUT2D eigenvalue weighted by Gasteiger charge is -2.44. The van der Waals surface area contributed by atoms with E-state index in [0.717, 1.165) is 50.4 Å². The molecule has 0 spiro atoms.